The molecule has 0 spiro atoms. The summed E-state index contributed by atoms with van der Waals surface area (Å²) in [5, 5.41) is 8.25. The Morgan fingerprint density at radius 3 is 2.75 bits per heavy atom. The van der Waals surface area contributed by atoms with Gasteiger partial charge in [0.25, 0.3) is 0 Å². The fourth-order valence-electron chi connectivity index (χ4n) is 1.79. The molecule has 1 aliphatic rings. The lowest BCUT2D eigenvalue weighted by Gasteiger charge is -2.12. The van der Waals surface area contributed by atoms with E-state index in [9.17, 15) is 17.6 Å². The zero-order valence-corrected chi connectivity index (χ0v) is 11.7. The maximum atomic E-state index is 13.5. The van der Waals surface area contributed by atoms with Crippen molar-refractivity contribution in [2.45, 2.75) is 17.4 Å². The lowest BCUT2D eigenvalue weighted by molar-refractivity contribution is 0.0696. The Balaban J connectivity index is 2.38. The van der Waals surface area contributed by atoms with Crippen molar-refractivity contribution in [2.75, 3.05) is 13.2 Å². The van der Waals surface area contributed by atoms with Gasteiger partial charge in [0.05, 0.1) is 22.1 Å². The molecule has 1 unspecified atom stereocenters. The predicted molar refractivity (Wildman–Crippen MR) is 67.9 cm³/mol. The number of carboxylic acids is 1. The largest absolute Gasteiger partial charge is 0.478 e. The second-order valence-electron chi connectivity index (χ2n) is 4.25. The molecule has 1 heterocycles. The van der Waals surface area contributed by atoms with Gasteiger partial charge >= 0.3 is 5.97 Å². The molecule has 1 aliphatic heterocycles. The lowest BCUT2D eigenvalue weighted by Crippen LogP contribution is -2.35. The fraction of sp³-hybridized carbons (Fsp3) is 0.364. The topological polar surface area (TPSA) is 92.7 Å². The fourth-order valence-corrected chi connectivity index (χ4v) is 3.27. The first-order valence-electron chi connectivity index (χ1n) is 5.63. The van der Waals surface area contributed by atoms with Crippen LogP contribution >= 0.6 is 11.6 Å². The van der Waals surface area contributed by atoms with Crippen molar-refractivity contribution >= 4 is 27.6 Å². The molecule has 1 aromatic carbocycles. The number of benzene rings is 1. The van der Waals surface area contributed by atoms with Crippen molar-refractivity contribution in [3.63, 3.8) is 0 Å². The van der Waals surface area contributed by atoms with E-state index in [1.165, 1.54) is 0 Å². The van der Waals surface area contributed by atoms with Crippen LogP contribution < -0.4 is 4.72 Å². The van der Waals surface area contributed by atoms with E-state index in [2.05, 4.69) is 4.72 Å². The SMILES string of the molecule is O=C(O)c1cc(S(=O)(=O)NC2CCOC2)cc(F)c1Cl. The van der Waals surface area contributed by atoms with Gasteiger partial charge in [-0.3, -0.25) is 0 Å². The Hall–Kier alpha value is -1.22. The van der Waals surface area contributed by atoms with E-state index in [1.54, 1.807) is 0 Å². The van der Waals surface area contributed by atoms with Crippen LogP contribution in [0.25, 0.3) is 0 Å². The molecular weight excluding hydrogens is 313 g/mol. The summed E-state index contributed by atoms with van der Waals surface area (Å²) in [5.41, 5.74) is -0.602. The smallest absolute Gasteiger partial charge is 0.337 e. The van der Waals surface area contributed by atoms with Crippen LogP contribution in [0.15, 0.2) is 17.0 Å². The first-order chi connectivity index (χ1) is 9.31. The van der Waals surface area contributed by atoms with Crippen molar-refractivity contribution in [1.82, 2.24) is 4.72 Å². The Bertz CT molecular complexity index is 642. The Morgan fingerprint density at radius 1 is 1.50 bits per heavy atom. The van der Waals surface area contributed by atoms with Crippen molar-refractivity contribution in [3.8, 4) is 0 Å². The molecule has 1 fully saturated rings. The molecule has 0 aromatic heterocycles. The molecule has 0 saturated carbocycles. The highest BCUT2D eigenvalue weighted by Gasteiger charge is 2.26. The predicted octanol–water partition coefficient (Wildman–Crippen LogP) is 1.24. The van der Waals surface area contributed by atoms with Gasteiger partial charge in [-0.2, -0.15) is 0 Å². The third-order valence-corrected chi connectivity index (χ3v) is 4.68. The van der Waals surface area contributed by atoms with Gasteiger partial charge in [-0.25, -0.2) is 22.3 Å². The van der Waals surface area contributed by atoms with E-state index in [4.69, 9.17) is 21.4 Å². The van der Waals surface area contributed by atoms with Crippen LogP contribution in [0.5, 0.6) is 0 Å². The molecule has 1 atom stereocenters. The van der Waals surface area contributed by atoms with Crippen molar-refractivity contribution < 1.29 is 27.4 Å². The van der Waals surface area contributed by atoms with Crippen LogP contribution in [-0.2, 0) is 14.8 Å². The maximum Gasteiger partial charge on any atom is 0.337 e. The average molecular weight is 324 g/mol. The molecule has 9 heteroatoms. The van der Waals surface area contributed by atoms with Gasteiger partial charge in [0.1, 0.15) is 5.82 Å². The van der Waals surface area contributed by atoms with E-state index < -0.39 is 43.3 Å². The molecule has 1 aromatic rings. The summed E-state index contributed by atoms with van der Waals surface area (Å²) in [6, 6.07) is 1.10. The van der Waals surface area contributed by atoms with Gasteiger partial charge in [0.2, 0.25) is 10.0 Å². The number of carbonyl (C=O) groups is 1. The molecule has 0 radical (unpaired) electrons. The van der Waals surface area contributed by atoms with Gasteiger partial charge in [-0.1, -0.05) is 11.6 Å². The van der Waals surface area contributed by atoms with Crippen molar-refractivity contribution in [1.29, 1.82) is 0 Å². The average Bonchev–Trinajstić information content (AvgIpc) is 2.83. The molecule has 2 rings (SSSR count). The molecule has 110 valence electrons. The highest BCUT2D eigenvalue weighted by Crippen LogP contribution is 2.25. The summed E-state index contributed by atoms with van der Waals surface area (Å²) in [5.74, 6) is -2.61. The minimum absolute atomic E-state index is 0.223. The Morgan fingerprint density at radius 2 is 2.20 bits per heavy atom. The molecule has 1 saturated heterocycles. The van der Waals surface area contributed by atoms with Crippen LogP contribution in [0.3, 0.4) is 0 Å². The number of hydrogen-bond donors (Lipinski definition) is 2. The standard InChI is InChI=1S/C11H11ClFNO5S/c12-10-8(11(15)16)3-7(4-9(10)13)20(17,18)14-6-1-2-19-5-6/h3-4,6,14H,1-2,5H2,(H,15,16). The number of hydrogen-bond acceptors (Lipinski definition) is 4. The second kappa shape index (κ2) is 5.65. The van der Waals surface area contributed by atoms with E-state index in [0.717, 1.165) is 6.07 Å². The molecule has 20 heavy (non-hydrogen) atoms. The monoisotopic (exact) mass is 323 g/mol. The number of sulfonamides is 1. The summed E-state index contributed by atoms with van der Waals surface area (Å²) in [7, 11) is -4.03. The first-order valence-corrected chi connectivity index (χ1v) is 7.50. The van der Waals surface area contributed by atoms with E-state index in [0.29, 0.717) is 19.1 Å². The minimum Gasteiger partial charge on any atom is -0.478 e. The van der Waals surface area contributed by atoms with Gasteiger partial charge < -0.3 is 9.84 Å². The lowest BCUT2D eigenvalue weighted by atomic mass is 10.2. The third-order valence-electron chi connectivity index (χ3n) is 2.79. The molecule has 0 bridgehead atoms. The van der Waals surface area contributed by atoms with E-state index in [1.807, 2.05) is 0 Å². The number of ether oxygens (including phenoxy) is 1. The molecule has 6 nitrogen and oxygen atoms in total. The van der Waals surface area contributed by atoms with Crippen LogP contribution in [-0.4, -0.2) is 38.7 Å². The summed E-state index contributed by atoms with van der Waals surface area (Å²) in [6.45, 7) is 0.656. The molecular formula is C11H11ClFNO5S. The number of carboxylic acid groups (broad SMARTS) is 1. The normalized spacial score (nSPS) is 19.2. The first kappa shape index (κ1) is 15.2. The second-order valence-corrected chi connectivity index (χ2v) is 6.35. The van der Waals surface area contributed by atoms with Crippen LogP contribution in [0.2, 0.25) is 5.02 Å². The number of aromatic carboxylic acids is 1. The van der Waals surface area contributed by atoms with Gasteiger partial charge in [0, 0.05) is 12.6 Å². The van der Waals surface area contributed by atoms with Gasteiger partial charge in [0.15, 0.2) is 0 Å². The van der Waals surface area contributed by atoms with Gasteiger partial charge in [-0.05, 0) is 18.6 Å². The Labute approximate surface area is 119 Å². The summed E-state index contributed by atoms with van der Waals surface area (Å²) < 4.78 is 45.0. The van der Waals surface area contributed by atoms with Crippen LogP contribution in [0.1, 0.15) is 16.8 Å². The van der Waals surface area contributed by atoms with Crippen LogP contribution in [0.4, 0.5) is 4.39 Å². The summed E-state index contributed by atoms with van der Waals surface area (Å²) >= 11 is 5.49. The number of nitrogens with one attached hydrogen (secondary N) is 1. The zero-order valence-electron chi connectivity index (χ0n) is 10.1. The zero-order chi connectivity index (χ0) is 14.9. The highest BCUT2D eigenvalue weighted by molar-refractivity contribution is 7.89. The maximum absolute atomic E-state index is 13.5. The quantitative estimate of drug-likeness (QED) is 0.869. The third kappa shape index (κ3) is 3.09. The molecule has 0 amide bonds. The highest BCUT2D eigenvalue weighted by atomic mass is 35.5. The minimum atomic E-state index is -4.03. The van der Waals surface area contributed by atoms with E-state index in [-0.39, 0.29) is 6.61 Å². The van der Waals surface area contributed by atoms with Crippen LogP contribution in [0, 0.1) is 5.82 Å². The van der Waals surface area contributed by atoms with Crippen molar-refractivity contribution in [2.24, 2.45) is 0 Å². The Kier molecular flexibility index (Phi) is 4.28. The van der Waals surface area contributed by atoms with Crippen molar-refractivity contribution in [3.05, 3.63) is 28.5 Å². The molecule has 2 N–H and O–H groups in total. The van der Waals surface area contributed by atoms with Gasteiger partial charge in [-0.15, -0.1) is 0 Å². The summed E-state index contributed by atoms with van der Waals surface area (Å²) in [4.78, 5) is 10.4. The number of halogens is 2. The molecule has 0 aliphatic carbocycles. The summed E-state index contributed by atoms with van der Waals surface area (Å²) in [6.07, 6.45) is 0.501. The van der Waals surface area contributed by atoms with E-state index >= 15 is 0 Å². The number of rotatable bonds is 4.